The number of ether oxygens (including phenoxy) is 2. The van der Waals surface area contributed by atoms with Crippen LogP contribution in [0.2, 0.25) is 0 Å². The first-order chi connectivity index (χ1) is 9.76. The topological polar surface area (TPSA) is 18.5 Å². The van der Waals surface area contributed by atoms with Gasteiger partial charge in [-0.2, -0.15) is 0 Å². The van der Waals surface area contributed by atoms with Crippen LogP contribution in [-0.2, 0) is 0 Å². The predicted octanol–water partition coefficient (Wildman–Crippen LogP) is 4.75. The smallest absolute Gasteiger partial charge is 0.161 e. The lowest BCUT2D eigenvalue weighted by molar-refractivity contribution is 0.200. The fourth-order valence-electron chi connectivity index (χ4n) is 2.98. The van der Waals surface area contributed by atoms with E-state index >= 15 is 0 Å². The van der Waals surface area contributed by atoms with Crippen molar-refractivity contribution in [2.24, 2.45) is 0 Å². The van der Waals surface area contributed by atoms with Crippen LogP contribution in [-0.4, -0.2) is 19.0 Å². The van der Waals surface area contributed by atoms with Crippen LogP contribution in [0.3, 0.4) is 0 Å². The van der Waals surface area contributed by atoms with Gasteiger partial charge in [0.2, 0.25) is 0 Å². The summed E-state index contributed by atoms with van der Waals surface area (Å²) in [5, 5.41) is 0.527. The molecule has 0 aromatic heterocycles. The predicted molar refractivity (Wildman–Crippen MR) is 84.8 cm³/mol. The van der Waals surface area contributed by atoms with Crippen molar-refractivity contribution < 1.29 is 9.47 Å². The molecule has 0 bridgehead atoms. The summed E-state index contributed by atoms with van der Waals surface area (Å²) in [4.78, 5) is 0. The second-order valence-electron chi connectivity index (χ2n) is 5.69. The molecule has 1 heterocycles. The molecule has 1 atom stereocenters. The van der Waals surface area contributed by atoms with E-state index in [-0.39, 0.29) is 0 Å². The molecule has 0 spiro atoms. The molecular weight excluding hydrogens is 268 g/mol. The number of hydrogen-bond acceptors (Lipinski definition) is 3. The van der Waals surface area contributed by atoms with Crippen LogP contribution < -0.4 is 9.47 Å². The maximum atomic E-state index is 6.17. The largest absolute Gasteiger partial charge is 0.493 e. The Labute approximate surface area is 125 Å². The van der Waals surface area contributed by atoms with Crippen molar-refractivity contribution in [1.29, 1.82) is 0 Å². The second-order valence-corrected chi connectivity index (χ2v) is 6.88. The third-order valence-corrected chi connectivity index (χ3v) is 5.53. The van der Waals surface area contributed by atoms with Crippen molar-refractivity contribution in [2.45, 2.75) is 43.5 Å². The molecule has 1 aliphatic carbocycles. The quantitative estimate of drug-likeness (QED) is 0.745. The lowest BCUT2D eigenvalue weighted by Gasteiger charge is -2.18. The third kappa shape index (κ3) is 2.98. The standard InChI is InChI=1S/C17H22O2S/c1-12-9-17(20-11-12)13-7-8-15(18-2)16(10-13)19-14-5-3-4-6-14/h7-8,10,14,17H,1,3-6,9,11H2,2H3. The highest BCUT2D eigenvalue weighted by Gasteiger charge is 2.23. The number of hydrogen-bond donors (Lipinski definition) is 0. The molecule has 3 rings (SSSR count). The molecule has 1 aliphatic heterocycles. The molecule has 1 aromatic carbocycles. The van der Waals surface area contributed by atoms with Gasteiger partial charge in [-0.3, -0.25) is 0 Å². The highest BCUT2D eigenvalue weighted by atomic mass is 32.2. The number of methoxy groups -OCH3 is 1. The molecule has 1 aromatic rings. The van der Waals surface area contributed by atoms with Crippen LogP contribution in [0.1, 0.15) is 42.9 Å². The van der Waals surface area contributed by atoms with Gasteiger partial charge in [0.1, 0.15) is 0 Å². The molecule has 0 radical (unpaired) electrons. The minimum Gasteiger partial charge on any atom is -0.493 e. The summed E-state index contributed by atoms with van der Waals surface area (Å²) in [5.41, 5.74) is 2.68. The zero-order chi connectivity index (χ0) is 13.9. The van der Waals surface area contributed by atoms with E-state index in [0.717, 1.165) is 23.7 Å². The SMILES string of the molecule is C=C1CSC(c2ccc(OC)c(OC3CCCC3)c2)C1. The Morgan fingerprint density at radius 3 is 2.65 bits per heavy atom. The number of benzene rings is 1. The Morgan fingerprint density at radius 2 is 2.00 bits per heavy atom. The Bertz CT molecular complexity index is 492. The van der Waals surface area contributed by atoms with E-state index in [1.165, 1.54) is 36.8 Å². The molecule has 0 N–H and O–H groups in total. The highest BCUT2D eigenvalue weighted by molar-refractivity contribution is 8.00. The monoisotopic (exact) mass is 290 g/mol. The molecule has 0 amide bonds. The third-order valence-electron chi connectivity index (χ3n) is 4.12. The van der Waals surface area contributed by atoms with Crippen LogP contribution in [0, 0.1) is 0 Å². The summed E-state index contributed by atoms with van der Waals surface area (Å²) in [6.45, 7) is 4.09. The molecule has 2 fully saturated rings. The van der Waals surface area contributed by atoms with Gasteiger partial charge in [0.05, 0.1) is 13.2 Å². The summed E-state index contributed by atoms with van der Waals surface area (Å²) >= 11 is 1.97. The molecule has 1 unspecified atom stereocenters. The van der Waals surface area contributed by atoms with Gasteiger partial charge in [0.15, 0.2) is 11.5 Å². The van der Waals surface area contributed by atoms with Gasteiger partial charge >= 0.3 is 0 Å². The maximum absolute atomic E-state index is 6.17. The van der Waals surface area contributed by atoms with Gasteiger partial charge < -0.3 is 9.47 Å². The van der Waals surface area contributed by atoms with E-state index in [1.54, 1.807) is 7.11 Å². The second kappa shape index (κ2) is 6.13. The Kier molecular flexibility index (Phi) is 4.25. The minimum absolute atomic E-state index is 0.366. The Hall–Kier alpha value is -1.09. The van der Waals surface area contributed by atoms with E-state index in [1.807, 2.05) is 17.8 Å². The van der Waals surface area contributed by atoms with Crippen LogP contribution in [0.15, 0.2) is 30.4 Å². The lowest BCUT2D eigenvalue weighted by Crippen LogP contribution is -2.11. The van der Waals surface area contributed by atoms with E-state index < -0.39 is 0 Å². The zero-order valence-electron chi connectivity index (χ0n) is 12.1. The van der Waals surface area contributed by atoms with E-state index in [0.29, 0.717) is 11.4 Å². The molecule has 108 valence electrons. The minimum atomic E-state index is 0.366. The maximum Gasteiger partial charge on any atom is 0.161 e. The van der Waals surface area contributed by atoms with E-state index in [4.69, 9.17) is 9.47 Å². The molecule has 20 heavy (non-hydrogen) atoms. The van der Waals surface area contributed by atoms with Gasteiger partial charge in [-0.1, -0.05) is 18.2 Å². The highest BCUT2D eigenvalue weighted by Crippen LogP contribution is 2.44. The first-order valence-electron chi connectivity index (χ1n) is 7.39. The van der Waals surface area contributed by atoms with Crippen LogP contribution in [0.25, 0.3) is 0 Å². The van der Waals surface area contributed by atoms with Crippen LogP contribution in [0.5, 0.6) is 11.5 Å². The number of rotatable bonds is 4. The van der Waals surface area contributed by atoms with Crippen molar-refractivity contribution in [1.82, 2.24) is 0 Å². The summed E-state index contributed by atoms with van der Waals surface area (Å²) in [6, 6.07) is 6.38. The molecule has 1 saturated carbocycles. The first-order valence-corrected chi connectivity index (χ1v) is 8.44. The van der Waals surface area contributed by atoms with Gasteiger partial charge in [0, 0.05) is 11.0 Å². The first kappa shape index (κ1) is 13.9. The van der Waals surface area contributed by atoms with E-state index in [2.05, 4.69) is 18.7 Å². The molecule has 2 aliphatic rings. The number of thioether (sulfide) groups is 1. The summed E-state index contributed by atoms with van der Waals surface area (Å²) < 4.78 is 11.6. The summed E-state index contributed by atoms with van der Waals surface area (Å²) in [7, 11) is 1.71. The Morgan fingerprint density at radius 1 is 1.20 bits per heavy atom. The average molecular weight is 290 g/mol. The van der Waals surface area contributed by atoms with Crippen LogP contribution >= 0.6 is 11.8 Å². The molecular formula is C17H22O2S. The van der Waals surface area contributed by atoms with Crippen molar-refractivity contribution in [3.05, 3.63) is 35.9 Å². The summed E-state index contributed by atoms with van der Waals surface area (Å²) in [6.07, 6.45) is 6.35. The normalized spacial score (nSPS) is 23.2. The lowest BCUT2D eigenvalue weighted by atomic mass is 10.1. The summed E-state index contributed by atoms with van der Waals surface area (Å²) in [5.74, 6) is 2.84. The average Bonchev–Trinajstić information content (AvgIpc) is 3.10. The van der Waals surface area contributed by atoms with Crippen LogP contribution in [0.4, 0.5) is 0 Å². The molecule has 3 heteroatoms. The fourth-order valence-corrected chi connectivity index (χ4v) is 4.23. The van der Waals surface area contributed by atoms with Crippen molar-refractivity contribution in [2.75, 3.05) is 12.9 Å². The van der Waals surface area contributed by atoms with Crippen molar-refractivity contribution in [3.8, 4) is 11.5 Å². The van der Waals surface area contributed by atoms with Gasteiger partial charge in [-0.05, 0) is 49.8 Å². The van der Waals surface area contributed by atoms with Gasteiger partial charge in [-0.25, -0.2) is 0 Å². The Balaban J connectivity index is 1.80. The van der Waals surface area contributed by atoms with Gasteiger partial charge in [-0.15, -0.1) is 11.8 Å². The molecule has 1 saturated heterocycles. The van der Waals surface area contributed by atoms with E-state index in [9.17, 15) is 0 Å². The van der Waals surface area contributed by atoms with Gasteiger partial charge in [0.25, 0.3) is 0 Å². The van der Waals surface area contributed by atoms with Crippen molar-refractivity contribution >= 4 is 11.8 Å². The molecule has 2 nitrogen and oxygen atoms in total. The fraction of sp³-hybridized carbons (Fsp3) is 0.529. The van der Waals surface area contributed by atoms with Crippen molar-refractivity contribution in [3.63, 3.8) is 0 Å². The zero-order valence-corrected chi connectivity index (χ0v) is 12.9.